The van der Waals surface area contributed by atoms with Gasteiger partial charge in [-0.25, -0.2) is 4.79 Å². The quantitative estimate of drug-likeness (QED) is 0.632. The number of nitrogens with two attached hydrogens (primary N) is 1. The second-order valence-corrected chi connectivity index (χ2v) is 4.27. The van der Waals surface area contributed by atoms with Gasteiger partial charge >= 0.3 is 6.16 Å². The van der Waals surface area contributed by atoms with Gasteiger partial charge in [0.05, 0.1) is 0 Å². The molecule has 1 aliphatic carbocycles. The molecule has 1 saturated carbocycles. The van der Waals surface area contributed by atoms with Crippen LogP contribution in [0.15, 0.2) is 30.3 Å². The van der Waals surface area contributed by atoms with E-state index in [0.29, 0.717) is 5.75 Å². The standard InChI is InChI=1S/C13H17NO3/c14-11-8-4-5-9-12(11)17-13(15)16-10-6-2-1-3-7-10/h1-3,6-7,11-12H,4-5,8-9,14H2. The summed E-state index contributed by atoms with van der Waals surface area (Å²) >= 11 is 0. The van der Waals surface area contributed by atoms with Crippen LogP contribution in [-0.2, 0) is 4.74 Å². The molecule has 0 aromatic heterocycles. The van der Waals surface area contributed by atoms with E-state index >= 15 is 0 Å². The fourth-order valence-corrected chi connectivity index (χ4v) is 2.00. The monoisotopic (exact) mass is 235 g/mol. The Kier molecular flexibility index (Phi) is 3.98. The Morgan fingerprint density at radius 3 is 2.59 bits per heavy atom. The van der Waals surface area contributed by atoms with E-state index in [1.54, 1.807) is 24.3 Å². The topological polar surface area (TPSA) is 61.5 Å². The molecule has 0 spiro atoms. The van der Waals surface area contributed by atoms with Crippen molar-refractivity contribution in [2.75, 3.05) is 0 Å². The third-order valence-corrected chi connectivity index (χ3v) is 2.95. The Labute approximate surface area is 101 Å². The van der Waals surface area contributed by atoms with Gasteiger partial charge in [-0.3, -0.25) is 0 Å². The van der Waals surface area contributed by atoms with Gasteiger partial charge in [0.2, 0.25) is 0 Å². The number of carbonyl (C=O) groups is 1. The largest absolute Gasteiger partial charge is 0.514 e. The molecule has 0 heterocycles. The molecule has 1 aromatic rings. The summed E-state index contributed by atoms with van der Waals surface area (Å²) in [6.07, 6.45) is 3.01. The summed E-state index contributed by atoms with van der Waals surface area (Å²) in [6.45, 7) is 0. The Morgan fingerprint density at radius 2 is 1.88 bits per heavy atom. The summed E-state index contributed by atoms with van der Waals surface area (Å²) in [5.41, 5.74) is 5.89. The summed E-state index contributed by atoms with van der Waals surface area (Å²) in [7, 11) is 0. The average Bonchev–Trinajstić information content (AvgIpc) is 2.33. The first-order valence-electron chi connectivity index (χ1n) is 5.95. The number of para-hydroxylation sites is 1. The molecule has 0 bridgehead atoms. The summed E-state index contributed by atoms with van der Waals surface area (Å²) < 4.78 is 10.3. The highest BCUT2D eigenvalue weighted by atomic mass is 16.7. The molecule has 2 atom stereocenters. The van der Waals surface area contributed by atoms with Crippen LogP contribution in [0.1, 0.15) is 25.7 Å². The van der Waals surface area contributed by atoms with Crippen molar-refractivity contribution >= 4 is 6.16 Å². The van der Waals surface area contributed by atoms with Crippen LogP contribution in [0.5, 0.6) is 5.75 Å². The summed E-state index contributed by atoms with van der Waals surface area (Å²) in [5, 5.41) is 0. The normalized spacial score (nSPS) is 24.1. The number of hydrogen-bond donors (Lipinski definition) is 1. The Bertz CT molecular complexity index is 366. The molecule has 92 valence electrons. The van der Waals surface area contributed by atoms with Crippen molar-refractivity contribution in [3.63, 3.8) is 0 Å². The Balaban J connectivity index is 1.84. The van der Waals surface area contributed by atoms with Gasteiger partial charge < -0.3 is 15.2 Å². The van der Waals surface area contributed by atoms with E-state index in [2.05, 4.69) is 0 Å². The average molecular weight is 235 g/mol. The van der Waals surface area contributed by atoms with Crippen molar-refractivity contribution in [2.45, 2.75) is 37.8 Å². The van der Waals surface area contributed by atoms with Crippen LogP contribution in [0.4, 0.5) is 4.79 Å². The predicted octanol–water partition coefficient (Wildman–Crippen LogP) is 2.47. The number of rotatable bonds is 2. The molecule has 2 unspecified atom stereocenters. The molecule has 0 amide bonds. The lowest BCUT2D eigenvalue weighted by Gasteiger charge is -2.27. The van der Waals surface area contributed by atoms with E-state index < -0.39 is 6.16 Å². The highest BCUT2D eigenvalue weighted by molar-refractivity contribution is 5.64. The second kappa shape index (κ2) is 5.68. The van der Waals surface area contributed by atoms with Crippen LogP contribution in [0, 0.1) is 0 Å². The van der Waals surface area contributed by atoms with Crippen LogP contribution in [0.2, 0.25) is 0 Å². The smallest absolute Gasteiger partial charge is 0.429 e. The lowest BCUT2D eigenvalue weighted by atomic mass is 9.93. The van der Waals surface area contributed by atoms with Gasteiger partial charge in [0, 0.05) is 6.04 Å². The first-order valence-corrected chi connectivity index (χ1v) is 5.95. The maximum atomic E-state index is 11.5. The van der Waals surface area contributed by atoms with Gasteiger partial charge in [-0.05, 0) is 31.4 Å². The number of benzene rings is 1. The van der Waals surface area contributed by atoms with Crippen molar-refractivity contribution < 1.29 is 14.3 Å². The van der Waals surface area contributed by atoms with Crippen molar-refractivity contribution in [3.8, 4) is 5.75 Å². The van der Waals surface area contributed by atoms with Gasteiger partial charge in [-0.2, -0.15) is 0 Å². The summed E-state index contributed by atoms with van der Waals surface area (Å²) in [5.74, 6) is 0.488. The van der Waals surface area contributed by atoms with Crippen LogP contribution < -0.4 is 10.5 Å². The maximum Gasteiger partial charge on any atom is 0.514 e. The first kappa shape index (κ1) is 11.9. The van der Waals surface area contributed by atoms with Crippen molar-refractivity contribution in [2.24, 2.45) is 5.73 Å². The molecule has 0 radical (unpaired) electrons. The summed E-state index contributed by atoms with van der Waals surface area (Å²) in [4.78, 5) is 11.5. The highest BCUT2D eigenvalue weighted by Crippen LogP contribution is 2.20. The van der Waals surface area contributed by atoms with Crippen LogP contribution >= 0.6 is 0 Å². The zero-order valence-electron chi connectivity index (χ0n) is 9.67. The van der Waals surface area contributed by atoms with E-state index in [0.717, 1.165) is 25.7 Å². The lowest BCUT2D eigenvalue weighted by molar-refractivity contribution is 0.0318. The van der Waals surface area contributed by atoms with Gasteiger partial charge in [-0.1, -0.05) is 24.6 Å². The maximum absolute atomic E-state index is 11.5. The Morgan fingerprint density at radius 1 is 1.18 bits per heavy atom. The molecular formula is C13H17NO3. The van der Waals surface area contributed by atoms with Gasteiger partial charge in [-0.15, -0.1) is 0 Å². The highest BCUT2D eigenvalue weighted by Gasteiger charge is 2.26. The predicted molar refractivity (Wildman–Crippen MR) is 63.8 cm³/mol. The number of carbonyl (C=O) groups excluding carboxylic acids is 1. The number of ether oxygens (including phenoxy) is 2. The van der Waals surface area contributed by atoms with E-state index in [1.807, 2.05) is 6.07 Å². The van der Waals surface area contributed by atoms with Crippen LogP contribution in [0.3, 0.4) is 0 Å². The fraction of sp³-hybridized carbons (Fsp3) is 0.462. The third-order valence-electron chi connectivity index (χ3n) is 2.95. The Hall–Kier alpha value is -1.55. The molecular weight excluding hydrogens is 218 g/mol. The molecule has 1 fully saturated rings. The minimum atomic E-state index is -0.668. The minimum absolute atomic E-state index is 0.0629. The molecule has 4 nitrogen and oxygen atoms in total. The van der Waals surface area contributed by atoms with Crippen molar-refractivity contribution in [1.29, 1.82) is 0 Å². The van der Waals surface area contributed by atoms with Gasteiger partial charge in [0.15, 0.2) is 0 Å². The van der Waals surface area contributed by atoms with E-state index in [-0.39, 0.29) is 12.1 Å². The molecule has 1 aromatic carbocycles. The molecule has 1 aliphatic rings. The first-order chi connectivity index (χ1) is 8.25. The van der Waals surface area contributed by atoms with Crippen LogP contribution in [0.25, 0.3) is 0 Å². The molecule has 0 aliphatic heterocycles. The molecule has 17 heavy (non-hydrogen) atoms. The van der Waals surface area contributed by atoms with Gasteiger partial charge in [0.25, 0.3) is 0 Å². The van der Waals surface area contributed by atoms with Gasteiger partial charge in [0.1, 0.15) is 11.9 Å². The summed E-state index contributed by atoms with van der Waals surface area (Å²) in [6, 6.07) is 8.82. The molecule has 2 N–H and O–H groups in total. The second-order valence-electron chi connectivity index (χ2n) is 4.27. The van der Waals surface area contributed by atoms with Crippen LogP contribution in [-0.4, -0.2) is 18.3 Å². The van der Waals surface area contributed by atoms with Crippen molar-refractivity contribution in [1.82, 2.24) is 0 Å². The zero-order valence-corrected chi connectivity index (χ0v) is 9.67. The fourth-order valence-electron chi connectivity index (χ4n) is 2.00. The minimum Gasteiger partial charge on any atom is -0.429 e. The number of hydrogen-bond acceptors (Lipinski definition) is 4. The molecule has 4 heteroatoms. The van der Waals surface area contributed by atoms with E-state index in [9.17, 15) is 4.79 Å². The third kappa shape index (κ3) is 3.46. The lowest BCUT2D eigenvalue weighted by Crippen LogP contribution is -2.41. The van der Waals surface area contributed by atoms with Crippen molar-refractivity contribution in [3.05, 3.63) is 30.3 Å². The SMILES string of the molecule is NC1CCCCC1OC(=O)Oc1ccccc1. The van der Waals surface area contributed by atoms with E-state index in [1.165, 1.54) is 0 Å². The molecule has 0 saturated heterocycles. The zero-order chi connectivity index (χ0) is 12.1. The molecule has 2 rings (SSSR count). The van der Waals surface area contributed by atoms with E-state index in [4.69, 9.17) is 15.2 Å².